The van der Waals surface area contributed by atoms with Gasteiger partial charge in [0.05, 0.1) is 12.4 Å². The molecule has 0 fully saturated rings. The summed E-state index contributed by atoms with van der Waals surface area (Å²) in [7, 11) is 0. The Hall–Kier alpha value is -2.01. The van der Waals surface area contributed by atoms with Gasteiger partial charge in [0.25, 0.3) is 5.91 Å². The van der Waals surface area contributed by atoms with Crippen LogP contribution < -0.4 is 5.32 Å². The molecule has 0 radical (unpaired) electrons. The summed E-state index contributed by atoms with van der Waals surface area (Å²) < 4.78 is 13.1. The number of aromatic nitrogens is 2. The monoisotopic (exact) mass is 265 g/mol. The van der Waals surface area contributed by atoms with Gasteiger partial charge < -0.3 is 5.32 Å². The van der Waals surface area contributed by atoms with Gasteiger partial charge in [0.1, 0.15) is 16.7 Å². The largest absolute Gasteiger partial charge is 0.321 e. The number of hydrogen-bond donors (Lipinski definition) is 1. The lowest BCUT2D eigenvalue weighted by molar-refractivity contribution is 0.102. The van der Waals surface area contributed by atoms with Crippen molar-refractivity contribution < 1.29 is 9.18 Å². The highest BCUT2D eigenvalue weighted by Crippen LogP contribution is 2.14. The van der Waals surface area contributed by atoms with Crippen molar-refractivity contribution in [2.75, 3.05) is 5.32 Å². The van der Waals surface area contributed by atoms with Crippen molar-refractivity contribution in [2.45, 2.75) is 6.92 Å². The Morgan fingerprint density at radius 1 is 1.33 bits per heavy atom. The van der Waals surface area contributed by atoms with E-state index in [2.05, 4.69) is 15.3 Å². The smallest absolute Gasteiger partial charge is 0.275 e. The van der Waals surface area contributed by atoms with E-state index in [0.717, 1.165) is 0 Å². The molecular formula is C12H9ClFN3O. The van der Waals surface area contributed by atoms with Gasteiger partial charge in [0.2, 0.25) is 0 Å². The van der Waals surface area contributed by atoms with Gasteiger partial charge in [-0.05, 0) is 30.7 Å². The van der Waals surface area contributed by atoms with Crippen molar-refractivity contribution in [1.82, 2.24) is 9.97 Å². The number of amides is 1. The maximum atomic E-state index is 13.1. The number of aryl methyl sites for hydroxylation is 1. The number of nitrogens with zero attached hydrogens (tertiary/aromatic N) is 2. The number of benzene rings is 1. The maximum absolute atomic E-state index is 13.1. The highest BCUT2D eigenvalue weighted by Gasteiger charge is 2.09. The molecule has 0 atom stereocenters. The van der Waals surface area contributed by atoms with Crippen LogP contribution in [-0.2, 0) is 0 Å². The molecule has 0 unspecified atom stereocenters. The molecule has 92 valence electrons. The molecule has 0 spiro atoms. The molecule has 0 aliphatic carbocycles. The van der Waals surface area contributed by atoms with Crippen molar-refractivity contribution in [3.8, 4) is 0 Å². The number of carbonyl (C=O) groups is 1. The average molecular weight is 266 g/mol. The van der Waals surface area contributed by atoms with Crippen LogP contribution in [0.25, 0.3) is 0 Å². The predicted molar refractivity (Wildman–Crippen MR) is 66.1 cm³/mol. The Kier molecular flexibility index (Phi) is 3.53. The normalized spacial score (nSPS) is 10.2. The summed E-state index contributed by atoms with van der Waals surface area (Å²) in [6.45, 7) is 1.62. The van der Waals surface area contributed by atoms with Gasteiger partial charge in [-0.1, -0.05) is 11.6 Å². The fourth-order valence-electron chi connectivity index (χ4n) is 1.35. The van der Waals surface area contributed by atoms with E-state index in [9.17, 15) is 9.18 Å². The molecule has 1 N–H and O–H groups in total. The van der Waals surface area contributed by atoms with Crippen LogP contribution >= 0.6 is 11.6 Å². The maximum Gasteiger partial charge on any atom is 0.275 e. The molecule has 0 saturated heterocycles. The average Bonchev–Trinajstić information content (AvgIpc) is 2.34. The topological polar surface area (TPSA) is 54.9 Å². The van der Waals surface area contributed by atoms with Crippen LogP contribution in [0, 0.1) is 12.7 Å². The zero-order chi connectivity index (χ0) is 13.1. The molecule has 0 aliphatic rings. The van der Waals surface area contributed by atoms with Crippen molar-refractivity contribution in [3.63, 3.8) is 0 Å². The second-order valence-electron chi connectivity index (χ2n) is 3.64. The van der Waals surface area contributed by atoms with Gasteiger partial charge in [-0.2, -0.15) is 0 Å². The lowest BCUT2D eigenvalue weighted by Crippen LogP contribution is -2.14. The number of carbonyl (C=O) groups excluding carboxylic acids is 1. The van der Waals surface area contributed by atoms with Crippen LogP contribution in [0.3, 0.4) is 0 Å². The summed E-state index contributed by atoms with van der Waals surface area (Å²) in [6.07, 6.45) is 2.56. The summed E-state index contributed by atoms with van der Waals surface area (Å²) in [5.74, 6) is -0.746. The summed E-state index contributed by atoms with van der Waals surface area (Å²) >= 11 is 5.57. The van der Waals surface area contributed by atoms with Crippen molar-refractivity contribution >= 4 is 23.2 Å². The Morgan fingerprint density at radius 2 is 2.11 bits per heavy atom. The molecule has 2 rings (SSSR count). The van der Waals surface area contributed by atoms with Crippen LogP contribution in [0.5, 0.6) is 0 Å². The summed E-state index contributed by atoms with van der Waals surface area (Å²) in [6, 6.07) is 4.30. The predicted octanol–water partition coefficient (Wildman–Crippen LogP) is 2.83. The first-order chi connectivity index (χ1) is 8.56. The van der Waals surface area contributed by atoms with Crippen LogP contribution in [0.1, 0.15) is 16.1 Å². The van der Waals surface area contributed by atoms with E-state index in [4.69, 9.17) is 11.6 Å². The van der Waals surface area contributed by atoms with Crippen molar-refractivity contribution in [2.24, 2.45) is 0 Å². The number of rotatable bonds is 2. The molecule has 1 aromatic carbocycles. The highest BCUT2D eigenvalue weighted by atomic mass is 35.5. The van der Waals surface area contributed by atoms with Gasteiger partial charge >= 0.3 is 0 Å². The van der Waals surface area contributed by atoms with Crippen LogP contribution in [0.2, 0.25) is 5.15 Å². The molecule has 4 nitrogen and oxygen atoms in total. The number of nitrogens with one attached hydrogen (secondary N) is 1. The molecule has 0 saturated carbocycles. The van der Waals surface area contributed by atoms with Gasteiger partial charge in [0, 0.05) is 5.69 Å². The van der Waals surface area contributed by atoms with Crippen molar-refractivity contribution in [1.29, 1.82) is 0 Å². The fraction of sp³-hybridized carbons (Fsp3) is 0.0833. The molecule has 1 amide bonds. The molecule has 1 heterocycles. The van der Waals surface area contributed by atoms with Crippen molar-refractivity contribution in [3.05, 3.63) is 52.8 Å². The SMILES string of the molecule is Cc1cc(NC(=O)c2cnc(Cl)cn2)ccc1F. The van der Waals surface area contributed by atoms with Crippen LogP contribution in [0.4, 0.5) is 10.1 Å². The molecule has 6 heteroatoms. The Morgan fingerprint density at radius 3 is 2.72 bits per heavy atom. The Balaban J connectivity index is 2.16. The third kappa shape index (κ3) is 2.81. The second kappa shape index (κ2) is 5.10. The van der Waals surface area contributed by atoms with Crippen LogP contribution in [-0.4, -0.2) is 15.9 Å². The standard InChI is InChI=1S/C12H9ClFN3O/c1-7-4-8(2-3-9(7)14)17-12(18)10-5-16-11(13)6-15-10/h2-6H,1H3,(H,17,18). The molecule has 2 aromatic rings. The first kappa shape index (κ1) is 12.4. The minimum Gasteiger partial charge on any atom is -0.321 e. The summed E-state index contributed by atoms with van der Waals surface area (Å²) in [4.78, 5) is 19.4. The second-order valence-corrected chi connectivity index (χ2v) is 4.03. The molecule has 0 aliphatic heterocycles. The van der Waals surface area contributed by atoms with E-state index in [1.807, 2.05) is 0 Å². The lowest BCUT2D eigenvalue weighted by atomic mass is 10.2. The number of halogens is 2. The first-order valence-corrected chi connectivity index (χ1v) is 5.49. The zero-order valence-corrected chi connectivity index (χ0v) is 10.2. The summed E-state index contributed by atoms with van der Waals surface area (Å²) in [5.41, 5.74) is 1.09. The number of hydrogen-bond acceptors (Lipinski definition) is 3. The third-order valence-corrected chi connectivity index (χ3v) is 2.46. The quantitative estimate of drug-likeness (QED) is 0.908. The minimum absolute atomic E-state index is 0.140. The van der Waals surface area contributed by atoms with Gasteiger partial charge in [-0.15, -0.1) is 0 Å². The van der Waals surface area contributed by atoms with Crippen LogP contribution in [0.15, 0.2) is 30.6 Å². The molecular weight excluding hydrogens is 257 g/mol. The third-order valence-electron chi connectivity index (χ3n) is 2.27. The highest BCUT2D eigenvalue weighted by molar-refractivity contribution is 6.29. The lowest BCUT2D eigenvalue weighted by Gasteiger charge is -2.05. The van der Waals surface area contributed by atoms with E-state index in [1.54, 1.807) is 6.92 Å². The Bertz CT molecular complexity index is 586. The molecule has 0 bridgehead atoms. The van der Waals surface area contributed by atoms with E-state index in [1.165, 1.54) is 30.6 Å². The van der Waals surface area contributed by atoms with E-state index < -0.39 is 5.91 Å². The molecule has 1 aromatic heterocycles. The minimum atomic E-state index is -0.426. The van der Waals surface area contributed by atoms with Gasteiger partial charge in [-0.3, -0.25) is 4.79 Å². The van der Waals surface area contributed by atoms with E-state index in [0.29, 0.717) is 11.3 Å². The van der Waals surface area contributed by atoms with E-state index >= 15 is 0 Å². The molecule has 18 heavy (non-hydrogen) atoms. The van der Waals surface area contributed by atoms with Gasteiger partial charge in [-0.25, -0.2) is 14.4 Å². The fourth-order valence-corrected chi connectivity index (χ4v) is 1.44. The van der Waals surface area contributed by atoms with E-state index in [-0.39, 0.29) is 16.7 Å². The first-order valence-electron chi connectivity index (χ1n) is 5.11. The van der Waals surface area contributed by atoms with Gasteiger partial charge in [0.15, 0.2) is 0 Å². The number of anilines is 1. The summed E-state index contributed by atoms with van der Waals surface area (Å²) in [5, 5.41) is 2.81. The Labute approximate surface area is 108 Å². The zero-order valence-electron chi connectivity index (χ0n) is 9.45.